The van der Waals surface area contributed by atoms with E-state index in [4.69, 9.17) is 9.84 Å². The van der Waals surface area contributed by atoms with Gasteiger partial charge in [0.2, 0.25) is 0 Å². The highest BCUT2D eigenvalue weighted by atomic mass is 16.5. The second-order valence-electron chi connectivity index (χ2n) is 4.80. The molecule has 4 heteroatoms. The maximum Gasteiger partial charge on any atom is 0.344 e. The van der Waals surface area contributed by atoms with Crippen molar-refractivity contribution in [3.8, 4) is 5.75 Å². The molecule has 19 heavy (non-hydrogen) atoms. The van der Waals surface area contributed by atoms with Crippen LogP contribution in [0.1, 0.15) is 44.4 Å². The fourth-order valence-electron chi connectivity index (χ4n) is 1.79. The molecule has 106 valence electrons. The van der Waals surface area contributed by atoms with E-state index in [2.05, 4.69) is 19.2 Å². The molecule has 2 unspecified atom stereocenters. The Balaban J connectivity index is 2.76. The third kappa shape index (κ3) is 4.56. The molecular formula is C15H23NO3. The van der Waals surface area contributed by atoms with E-state index in [1.807, 2.05) is 25.1 Å². The number of carbonyl (C=O) groups is 1. The number of ether oxygens (including phenoxy) is 1. The minimum Gasteiger partial charge on any atom is -0.479 e. The predicted molar refractivity (Wildman–Crippen MR) is 75.6 cm³/mol. The van der Waals surface area contributed by atoms with E-state index in [0.717, 1.165) is 18.5 Å². The molecule has 2 N–H and O–H groups in total. The van der Waals surface area contributed by atoms with E-state index in [0.29, 0.717) is 5.75 Å². The van der Waals surface area contributed by atoms with Crippen molar-refractivity contribution < 1.29 is 14.6 Å². The van der Waals surface area contributed by atoms with Gasteiger partial charge in [-0.3, -0.25) is 0 Å². The van der Waals surface area contributed by atoms with Crippen LogP contribution in [-0.2, 0) is 4.79 Å². The lowest BCUT2D eigenvalue weighted by Crippen LogP contribution is -2.23. The Morgan fingerprint density at radius 2 is 2.11 bits per heavy atom. The molecule has 0 bridgehead atoms. The van der Waals surface area contributed by atoms with Crippen LogP contribution in [0, 0.1) is 6.92 Å². The van der Waals surface area contributed by atoms with Crippen LogP contribution in [-0.4, -0.2) is 23.7 Å². The van der Waals surface area contributed by atoms with Gasteiger partial charge in [-0.1, -0.05) is 19.1 Å². The second-order valence-corrected chi connectivity index (χ2v) is 4.80. The molecule has 0 aromatic heterocycles. The van der Waals surface area contributed by atoms with Gasteiger partial charge in [-0.2, -0.15) is 0 Å². The Bertz CT molecular complexity index is 431. The molecule has 1 rings (SSSR count). The quantitative estimate of drug-likeness (QED) is 0.796. The standard InChI is InChI=1S/C15H23NO3/c1-5-8-16-11(3)13-6-7-14(10(2)9-13)19-12(4)15(17)18/h6-7,9,11-12,16H,5,8H2,1-4H3,(H,17,18). The highest BCUT2D eigenvalue weighted by Gasteiger charge is 2.14. The molecule has 0 aliphatic carbocycles. The Kier molecular flexibility index (Phi) is 5.83. The number of rotatable bonds is 7. The normalized spacial score (nSPS) is 13.9. The lowest BCUT2D eigenvalue weighted by atomic mass is 10.0. The van der Waals surface area contributed by atoms with Gasteiger partial charge < -0.3 is 15.2 Å². The molecule has 0 saturated heterocycles. The smallest absolute Gasteiger partial charge is 0.344 e. The van der Waals surface area contributed by atoms with E-state index < -0.39 is 12.1 Å². The molecule has 4 nitrogen and oxygen atoms in total. The van der Waals surface area contributed by atoms with Crippen molar-refractivity contribution in [3.63, 3.8) is 0 Å². The lowest BCUT2D eigenvalue weighted by Gasteiger charge is -2.17. The van der Waals surface area contributed by atoms with Crippen molar-refractivity contribution >= 4 is 5.97 Å². The zero-order valence-electron chi connectivity index (χ0n) is 12.1. The van der Waals surface area contributed by atoms with Crippen LogP contribution in [0.3, 0.4) is 0 Å². The average molecular weight is 265 g/mol. The van der Waals surface area contributed by atoms with E-state index in [9.17, 15) is 4.79 Å². The number of aryl methyl sites for hydroxylation is 1. The first-order valence-corrected chi connectivity index (χ1v) is 6.69. The summed E-state index contributed by atoms with van der Waals surface area (Å²) in [6.07, 6.45) is 0.265. The first kappa shape index (κ1) is 15.5. The number of carboxylic acid groups (broad SMARTS) is 1. The van der Waals surface area contributed by atoms with Gasteiger partial charge in [-0.05, 0) is 50.9 Å². The third-order valence-corrected chi connectivity index (χ3v) is 3.05. The molecule has 1 aromatic rings. The van der Waals surface area contributed by atoms with Crippen molar-refractivity contribution in [3.05, 3.63) is 29.3 Å². The maximum absolute atomic E-state index is 10.8. The van der Waals surface area contributed by atoms with Crippen molar-refractivity contribution in [2.75, 3.05) is 6.54 Å². The maximum atomic E-state index is 10.8. The second kappa shape index (κ2) is 7.14. The summed E-state index contributed by atoms with van der Waals surface area (Å²) in [6.45, 7) is 8.69. The van der Waals surface area contributed by atoms with Gasteiger partial charge in [-0.15, -0.1) is 0 Å². The summed E-state index contributed by atoms with van der Waals surface area (Å²) in [5.41, 5.74) is 2.14. The van der Waals surface area contributed by atoms with Crippen LogP contribution in [0.25, 0.3) is 0 Å². The van der Waals surface area contributed by atoms with Crippen molar-refractivity contribution in [1.29, 1.82) is 0 Å². The molecule has 0 heterocycles. The molecule has 0 fully saturated rings. The first-order valence-electron chi connectivity index (χ1n) is 6.69. The molecule has 0 aliphatic rings. The third-order valence-electron chi connectivity index (χ3n) is 3.05. The summed E-state index contributed by atoms with van der Waals surface area (Å²) in [7, 11) is 0. The number of benzene rings is 1. The highest BCUT2D eigenvalue weighted by Crippen LogP contribution is 2.23. The summed E-state index contributed by atoms with van der Waals surface area (Å²) < 4.78 is 5.40. The summed E-state index contributed by atoms with van der Waals surface area (Å²) in [4.78, 5) is 10.8. The number of hydrogen-bond acceptors (Lipinski definition) is 3. The van der Waals surface area contributed by atoms with Gasteiger partial charge in [-0.25, -0.2) is 4.79 Å². The van der Waals surface area contributed by atoms with E-state index in [-0.39, 0.29) is 6.04 Å². The summed E-state index contributed by atoms with van der Waals surface area (Å²) >= 11 is 0. The van der Waals surface area contributed by atoms with Gasteiger partial charge >= 0.3 is 5.97 Å². The summed E-state index contributed by atoms with van der Waals surface area (Å²) in [5, 5.41) is 12.3. The molecule has 0 saturated carbocycles. The number of nitrogens with one attached hydrogen (secondary N) is 1. The van der Waals surface area contributed by atoms with E-state index in [1.54, 1.807) is 0 Å². The van der Waals surface area contributed by atoms with Crippen LogP contribution in [0.2, 0.25) is 0 Å². The van der Waals surface area contributed by atoms with Gasteiger partial charge in [0.15, 0.2) is 6.10 Å². The fraction of sp³-hybridized carbons (Fsp3) is 0.533. The highest BCUT2D eigenvalue weighted by molar-refractivity contribution is 5.72. The molecule has 0 aliphatic heterocycles. The van der Waals surface area contributed by atoms with Crippen LogP contribution in [0.4, 0.5) is 0 Å². The first-order chi connectivity index (χ1) is 8.95. The zero-order valence-corrected chi connectivity index (χ0v) is 12.1. The van der Waals surface area contributed by atoms with Gasteiger partial charge in [0.25, 0.3) is 0 Å². The van der Waals surface area contributed by atoms with Crippen LogP contribution < -0.4 is 10.1 Å². The van der Waals surface area contributed by atoms with Crippen molar-refractivity contribution in [2.45, 2.75) is 46.3 Å². The van der Waals surface area contributed by atoms with Crippen LogP contribution >= 0.6 is 0 Å². The van der Waals surface area contributed by atoms with Crippen LogP contribution in [0.15, 0.2) is 18.2 Å². The minimum atomic E-state index is -0.957. The SMILES string of the molecule is CCCNC(C)c1ccc(OC(C)C(=O)O)c(C)c1. The fourth-order valence-corrected chi connectivity index (χ4v) is 1.79. The lowest BCUT2D eigenvalue weighted by molar-refractivity contribution is -0.144. The number of hydrogen-bond donors (Lipinski definition) is 2. The number of aliphatic carboxylic acids is 1. The average Bonchev–Trinajstić information content (AvgIpc) is 2.37. The molecule has 0 amide bonds. The Morgan fingerprint density at radius 3 is 2.63 bits per heavy atom. The summed E-state index contributed by atoms with van der Waals surface area (Å²) in [6, 6.07) is 6.14. The molecule has 0 spiro atoms. The van der Waals surface area contributed by atoms with Crippen molar-refractivity contribution in [1.82, 2.24) is 5.32 Å². The Hall–Kier alpha value is -1.55. The topological polar surface area (TPSA) is 58.6 Å². The van der Waals surface area contributed by atoms with Crippen LogP contribution in [0.5, 0.6) is 5.75 Å². The Morgan fingerprint density at radius 1 is 1.42 bits per heavy atom. The molecular weight excluding hydrogens is 242 g/mol. The molecule has 1 aromatic carbocycles. The zero-order chi connectivity index (χ0) is 14.4. The molecule has 2 atom stereocenters. The Labute approximate surface area is 114 Å². The monoisotopic (exact) mass is 265 g/mol. The van der Waals surface area contributed by atoms with E-state index in [1.165, 1.54) is 12.5 Å². The molecule has 0 radical (unpaired) electrons. The number of carboxylic acids is 1. The van der Waals surface area contributed by atoms with Crippen molar-refractivity contribution in [2.24, 2.45) is 0 Å². The van der Waals surface area contributed by atoms with Gasteiger partial charge in [0, 0.05) is 6.04 Å². The van der Waals surface area contributed by atoms with Gasteiger partial charge in [0.1, 0.15) is 5.75 Å². The van der Waals surface area contributed by atoms with E-state index >= 15 is 0 Å². The van der Waals surface area contributed by atoms with Gasteiger partial charge in [0.05, 0.1) is 0 Å². The summed E-state index contributed by atoms with van der Waals surface area (Å²) in [5.74, 6) is -0.331. The predicted octanol–water partition coefficient (Wildman–Crippen LogP) is 2.91. The minimum absolute atomic E-state index is 0.282. The largest absolute Gasteiger partial charge is 0.479 e.